The molecule has 0 aliphatic rings. The van der Waals surface area contributed by atoms with Gasteiger partial charge in [-0.25, -0.2) is 0 Å². The SMILES string of the molecule is CC(c1ccc(Cl)cc1Cl)N(C)C(=O)c1csc(I)c1. The van der Waals surface area contributed by atoms with Crippen LogP contribution in [0, 0.1) is 2.88 Å². The van der Waals surface area contributed by atoms with Crippen molar-refractivity contribution in [3.63, 3.8) is 0 Å². The number of carbonyl (C=O) groups is 1. The summed E-state index contributed by atoms with van der Waals surface area (Å²) in [5, 5.41) is 3.04. The molecule has 1 atom stereocenters. The molecule has 0 bridgehead atoms. The number of rotatable bonds is 3. The summed E-state index contributed by atoms with van der Waals surface area (Å²) in [7, 11) is 1.78. The van der Waals surface area contributed by atoms with Gasteiger partial charge in [0.05, 0.1) is 14.5 Å². The van der Waals surface area contributed by atoms with Crippen molar-refractivity contribution < 1.29 is 4.79 Å². The number of benzene rings is 1. The first kappa shape index (κ1) is 16.1. The van der Waals surface area contributed by atoms with Crippen LogP contribution in [0.3, 0.4) is 0 Å². The van der Waals surface area contributed by atoms with E-state index < -0.39 is 0 Å². The van der Waals surface area contributed by atoms with E-state index in [1.54, 1.807) is 35.4 Å². The average Bonchev–Trinajstić information content (AvgIpc) is 2.83. The summed E-state index contributed by atoms with van der Waals surface area (Å²) in [4.78, 5) is 14.1. The van der Waals surface area contributed by atoms with Crippen molar-refractivity contribution in [1.29, 1.82) is 0 Å². The van der Waals surface area contributed by atoms with E-state index in [-0.39, 0.29) is 11.9 Å². The Morgan fingerprint density at radius 2 is 2.05 bits per heavy atom. The maximum atomic E-state index is 12.4. The summed E-state index contributed by atoms with van der Waals surface area (Å²) in [6.45, 7) is 1.95. The Hall–Kier alpha value is -0.300. The van der Waals surface area contributed by atoms with Crippen LogP contribution in [-0.2, 0) is 0 Å². The molecule has 6 heteroatoms. The van der Waals surface area contributed by atoms with E-state index in [1.165, 1.54) is 0 Å². The van der Waals surface area contributed by atoms with Crippen molar-refractivity contribution in [2.24, 2.45) is 0 Å². The number of amides is 1. The van der Waals surface area contributed by atoms with E-state index in [2.05, 4.69) is 22.6 Å². The van der Waals surface area contributed by atoms with Gasteiger partial charge >= 0.3 is 0 Å². The van der Waals surface area contributed by atoms with Crippen molar-refractivity contribution in [2.75, 3.05) is 7.05 Å². The van der Waals surface area contributed by atoms with Gasteiger partial charge < -0.3 is 4.90 Å². The molecule has 0 fully saturated rings. The van der Waals surface area contributed by atoms with Gasteiger partial charge in [-0.05, 0) is 53.3 Å². The number of hydrogen-bond acceptors (Lipinski definition) is 2. The molecule has 1 amide bonds. The highest BCUT2D eigenvalue weighted by atomic mass is 127. The van der Waals surface area contributed by atoms with Crippen molar-refractivity contribution in [3.8, 4) is 0 Å². The minimum absolute atomic E-state index is 0.0114. The molecule has 106 valence electrons. The van der Waals surface area contributed by atoms with Crippen LogP contribution < -0.4 is 0 Å². The zero-order valence-electron chi connectivity index (χ0n) is 10.9. The summed E-state index contributed by atoms with van der Waals surface area (Å²) in [6, 6.07) is 7.10. The third-order valence-electron chi connectivity index (χ3n) is 3.13. The lowest BCUT2D eigenvalue weighted by atomic mass is 10.1. The number of carbonyl (C=O) groups excluding carboxylic acids is 1. The quantitative estimate of drug-likeness (QED) is 0.578. The van der Waals surface area contributed by atoms with E-state index in [4.69, 9.17) is 23.2 Å². The van der Waals surface area contributed by atoms with Crippen LogP contribution in [0.2, 0.25) is 10.0 Å². The van der Waals surface area contributed by atoms with Gasteiger partial charge in [0.2, 0.25) is 0 Å². The predicted octanol–water partition coefficient (Wildman–Crippen LogP) is 5.49. The minimum Gasteiger partial charge on any atom is -0.335 e. The number of thiophene rings is 1. The Balaban J connectivity index is 2.24. The molecule has 0 saturated heterocycles. The van der Waals surface area contributed by atoms with Gasteiger partial charge in [0, 0.05) is 22.5 Å². The smallest absolute Gasteiger partial charge is 0.254 e. The van der Waals surface area contributed by atoms with Gasteiger partial charge in [-0.2, -0.15) is 0 Å². The molecule has 0 aliphatic carbocycles. The molecular weight excluding hydrogens is 428 g/mol. The maximum absolute atomic E-state index is 12.4. The molecule has 0 radical (unpaired) electrons. The summed E-state index contributed by atoms with van der Waals surface area (Å²) in [5.74, 6) is -0.0114. The second-order valence-electron chi connectivity index (χ2n) is 4.40. The van der Waals surface area contributed by atoms with E-state index in [9.17, 15) is 4.79 Å². The van der Waals surface area contributed by atoms with Gasteiger partial charge in [-0.1, -0.05) is 29.3 Å². The lowest BCUT2D eigenvalue weighted by Crippen LogP contribution is -2.29. The number of nitrogens with zero attached hydrogens (tertiary/aromatic N) is 1. The maximum Gasteiger partial charge on any atom is 0.254 e. The Morgan fingerprint density at radius 1 is 1.35 bits per heavy atom. The topological polar surface area (TPSA) is 20.3 Å². The lowest BCUT2D eigenvalue weighted by molar-refractivity contribution is 0.0743. The lowest BCUT2D eigenvalue weighted by Gasteiger charge is -2.26. The van der Waals surface area contributed by atoms with Crippen LogP contribution in [0.5, 0.6) is 0 Å². The van der Waals surface area contributed by atoms with Gasteiger partial charge in [0.25, 0.3) is 5.91 Å². The van der Waals surface area contributed by atoms with Crippen molar-refractivity contribution in [1.82, 2.24) is 4.90 Å². The third-order valence-corrected chi connectivity index (χ3v) is 5.48. The Labute approximate surface area is 145 Å². The molecule has 2 aromatic rings. The first-order valence-corrected chi connectivity index (χ1v) is 8.57. The third kappa shape index (κ3) is 3.47. The Kier molecular flexibility index (Phi) is 5.34. The fourth-order valence-corrected chi connectivity index (χ4v) is 3.74. The van der Waals surface area contributed by atoms with Crippen molar-refractivity contribution in [2.45, 2.75) is 13.0 Å². The Bertz CT molecular complexity index is 644. The van der Waals surface area contributed by atoms with Gasteiger partial charge in [0.1, 0.15) is 0 Å². The minimum atomic E-state index is -0.121. The fraction of sp³-hybridized carbons (Fsp3) is 0.214. The molecule has 20 heavy (non-hydrogen) atoms. The fourth-order valence-electron chi connectivity index (χ4n) is 1.85. The molecule has 0 aliphatic heterocycles. The molecule has 0 N–H and O–H groups in total. The van der Waals surface area contributed by atoms with E-state index in [0.717, 1.165) is 8.45 Å². The van der Waals surface area contributed by atoms with Crippen LogP contribution in [0.1, 0.15) is 28.9 Å². The van der Waals surface area contributed by atoms with E-state index in [1.807, 2.05) is 24.4 Å². The Morgan fingerprint density at radius 3 is 2.60 bits per heavy atom. The van der Waals surface area contributed by atoms with Crippen molar-refractivity contribution in [3.05, 3.63) is 53.7 Å². The number of halogens is 3. The molecule has 1 heterocycles. The number of hydrogen-bond donors (Lipinski definition) is 0. The monoisotopic (exact) mass is 439 g/mol. The second kappa shape index (κ2) is 6.64. The largest absolute Gasteiger partial charge is 0.335 e. The van der Waals surface area contributed by atoms with Gasteiger partial charge in [-0.3, -0.25) is 4.79 Å². The first-order valence-electron chi connectivity index (χ1n) is 5.86. The standard InChI is InChI=1S/C14H12Cl2INOS/c1-8(11-4-3-10(15)6-12(11)16)18(2)14(19)9-5-13(17)20-7-9/h3-8H,1-2H3. The zero-order valence-corrected chi connectivity index (χ0v) is 15.3. The molecule has 0 spiro atoms. The highest BCUT2D eigenvalue weighted by Crippen LogP contribution is 2.30. The molecule has 1 unspecified atom stereocenters. The van der Waals surface area contributed by atoms with Crippen molar-refractivity contribution >= 4 is 63.0 Å². The predicted molar refractivity (Wildman–Crippen MR) is 94.0 cm³/mol. The highest BCUT2D eigenvalue weighted by Gasteiger charge is 2.21. The van der Waals surface area contributed by atoms with Crippen LogP contribution in [0.15, 0.2) is 29.6 Å². The molecule has 1 aromatic carbocycles. The molecular formula is C14H12Cl2INOS. The average molecular weight is 440 g/mol. The van der Waals surface area contributed by atoms with E-state index in [0.29, 0.717) is 15.6 Å². The molecule has 2 nitrogen and oxygen atoms in total. The van der Waals surface area contributed by atoms with Gasteiger partial charge in [-0.15, -0.1) is 11.3 Å². The van der Waals surface area contributed by atoms with Crippen LogP contribution >= 0.6 is 57.1 Å². The summed E-state index contributed by atoms with van der Waals surface area (Å²) >= 11 is 15.9. The zero-order chi connectivity index (χ0) is 14.9. The van der Waals surface area contributed by atoms with Crippen LogP contribution in [0.4, 0.5) is 0 Å². The normalized spacial score (nSPS) is 12.2. The molecule has 1 aromatic heterocycles. The first-order chi connectivity index (χ1) is 9.40. The summed E-state index contributed by atoms with van der Waals surface area (Å²) in [6.07, 6.45) is 0. The van der Waals surface area contributed by atoms with Crippen LogP contribution in [-0.4, -0.2) is 17.9 Å². The van der Waals surface area contributed by atoms with Gasteiger partial charge in [0.15, 0.2) is 0 Å². The summed E-state index contributed by atoms with van der Waals surface area (Å²) < 4.78 is 1.09. The van der Waals surface area contributed by atoms with Crippen LogP contribution in [0.25, 0.3) is 0 Å². The highest BCUT2D eigenvalue weighted by molar-refractivity contribution is 14.1. The molecule has 0 saturated carbocycles. The second-order valence-corrected chi connectivity index (χ2v) is 8.05. The van der Waals surface area contributed by atoms with E-state index >= 15 is 0 Å². The summed E-state index contributed by atoms with van der Waals surface area (Å²) in [5.41, 5.74) is 1.59. The molecule has 2 rings (SSSR count).